The molecule has 2 heteroatoms. The second-order valence-corrected chi connectivity index (χ2v) is 3.42. The summed E-state index contributed by atoms with van der Waals surface area (Å²) in [5, 5.41) is 0. The van der Waals surface area contributed by atoms with Gasteiger partial charge in [0.1, 0.15) is 0 Å². The molecule has 0 N–H and O–H groups in total. The quantitative estimate of drug-likeness (QED) is 0.568. The number of likely N-dealkylation sites (N-methyl/N-ethyl adjacent to an activating group) is 1. The van der Waals surface area contributed by atoms with Crippen molar-refractivity contribution in [3.05, 3.63) is 42.5 Å². The minimum atomic E-state index is 0.747. The SMILES string of the molecule is C=C(CS)CN(C)c1ccccc1. The van der Waals surface area contributed by atoms with Crippen LogP contribution in [0.25, 0.3) is 0 Å². The number of para-hydroxylation sites is 1. The van der Waals surface area contributed by atoms with Gasteiger partial charge in [-0.3, -0.25) is 0 Å². The van der Waals surface area contributed by atoms with Crippen molar-refractivity contribution in [3.63, 3.8) is 0 Å². The molecule has 0 amide bonds. The van der Waals surface area contributed by atoms with E-state index in [0.29, 0.717) is 0 Å². The Morgan fingerprint density at radius 3 is 2.54 bits per heavy atom. The lowest BCUT2D eigenvalue weighted by Gasteiger charge is -2.19. The van der Waals surface area contributed by atoms with Crippen LogP contribution in [0.5, 0.6) is 0 Å². The van der Waals surface area contributed by atoms with Crippen molar-refractivity contribution in [3.8, 4) is 0 Å². The number of nitrogens with zero attached hydrogens (tertiary/aromatic N) is 1. The van der Waals surface area contributed by atoms with E-state index in [1.807, 2.05) is 18.2 Å². The van der Waals surface area contributed by atoms with Crippen molar-refractivity contribution in [1.82, 2.24) is 0 Å². The first-order valence-corrected chi connectivity index (χ1v) is 4.91. The molecule has 0 heterocycles. The Kier molecular flexibility index (Phi) is 3.90. The lowest BCUT2D eigenvalue weighted by molar-refractivity contribution is 0.990. The predicted molar refractivity (Wildman–Crippen MR) is 62.7 cm³/mol. The number of anilines is 1. The zero-order valence-electron chi connectivity index (χ0n) is 7.90. The van der Waals surface area contributed by atoms with Gasteiger partial charge in [-0.15, -0.1) is 0 Å². The highest BCUT2D eigenvalue weighted by atomic mass is 32.1. The largest absolute Gasteiger partial charge is 0.371 e. The van der Waals surface area contributed by atoms with Crippen LogP contribution in [0, 0.1) is 0 Å². The molecule has 0 atom stereocenters. The van der Waals surface area contributed by atoms with Gasteiger partial charge in [-0.2, -0.15) is 12.6 Å². The second-order valence-electron chi connectivity index (χ2n) is 3.10. The molecule has 13 heavy (non-hydrogen) atoms. The smallest absolute Gasteiger partial charge is 0.0391 e. The molecular formula is C11H15NS. The van der Waals surface area contributed by atoms with E-state index in [0.717, 1.165) is 17.9 Å². The molecule has 0 saturated heterocycles. The van der Waals surface area contributed by atoms with Gasteiger partial charge in [0.25, 0.3) is 0 Å². The Hall–Kier alpha value is -0.890. The number of hydrogen-bond donors (Lipinski definition) is 1. The maximum absolute atomic E-state index is 4.18. The van der Waals surface area contributed by atoms with Gasteiger partial charge in [-0.05, 0) is 17.7 Å². The molecule has 0 radical (unpaired) electrons. The molecule has 1 nitrogen and oxygen atoms in total. The fourth-order valence-electron chi connectivity index (χ4n) is 1.16. The summed E-state index contributed by atoms with van der Waals surface area (Å²) in [6.45, 7) is 4.79. The van der Waals surface area contributed by atoms with Crippen LogP contribution in [0.15, 0.2) is 42.5 Å². The van der Waals surface area contributed by atoms with E-state index >= 15 is 0 Å². The maximum Gasteiger partial charge on any atom is 0.0391 e. The lowest BCUT2D eigenvalue weighted by Crippen LogP contribution is -2.20. The topological polar surface area (TPSA) is 3.24 Å². The van der Waals surface area contributed by atoms with Crippen LogP contribution < -0.4 is 4.90 Å². The van der Waals surface area contributed by atoms with Crippen molar-refractivity contribution in [2.24, 2.45) is 0 Å². The number of thiol groups is 1. The molecule has 0 bridgehead atoms. The highest BCUT2D eigenvalue weighted by Gasteiger charge is 1.99. The number of benzene rings is 1. The minimum Gasteiger partial charge on any atom is -0.371 e. The Balaban J connectivity index is 2.59. The molecule has 0 fully saturated rings. The summed E-state index contributed by atoms with van der Waals surface area (Å²) < 4.78 is 0. The summed E-state index contributed by atoms with van der Waals surface area (Å²) in [6, 6.07) is 10.3. The summed E-state index contributed by atoms with van der Waals surface area (Å²) in [7, 11) is 2.06. The third kappa shape index (κ3) is 3.15. The molecule has 0 aliphatic heterocycles. The molecular weight excluding hydrogens is 178 g/mol. The summed E-state index contributed by atoms with van der Waals surface area (Å²) in [5.41, 5.74) is 2.35. The molecule has 0 aliphatic carbocycles. The summed E-state index contributed by atoms with van der Waals surface area (Å²) in [6.07, 6.45) is 0. The Morgan fingerprint density at radius 2 is 2.00 bits per heavy atom. The van der Waals surface area contributed by atoms with Crippen molar-refractivity contribution >= 4 is 18.3 Å². The average Bonchev–Trinajstić information content (AvgIpc) is 2.19. The van der Waals surface area contributed by atoms with Crippen molar-refractivity contribution in [1.29, 1.82) is 0 Å². The first-order chi connectivity index (χ1) is 6.24. The van der Waals surface area contributed by atoms with Gasteiger partial charge < -0.3 is 4.90 Å². The third-order valence-corrected chi connectivity index (χ3v) is 2.33. The highest BCUT2D eigenvalue weighted by molar-refractivity contribution is 7.80. The zero-order chi connectivity index (χ0) is 9.68. The number of rotatable bonds is 4. The van der Waals surface area contributed by atoms with Gasteiger partial charge in [0.15, 0.2) is 0 Å². The molecule has 0 spiro atoms. The van der Waals surface area contributed by atoms with Gasteiger partial charge in [0.05, 0.1) is 0 Å². The van der Waals surface area contributed by atoms with E-state index < -0.39 is 0 Å². The van der Waals surface area contributed by atoms with E-state index in [9.17, 15) is 0 Å². The van der Waals surface area contributed by atoms with Gasteiger partial charge in [0.2, 0.25) is 0 Å². The maximum atomic E-state index is 4.18. The van der Waals surface area contributed by atoms with Crippen LogP contribution in [0.3, 0.4) is 0 Å². The monoisotopic (exact) mass is 193 g/mol. The van der Waals surface area contributed by atoms with E-state index in [1.165, 1.54) is 5.69 Å². The van der Waals surface area contributed by atoms with Gasteiger partial charge in [0, 0.05) is 25.0 Å². The van der Waals surface area contributed by atoms with Crippen LogP contribution in [0.1, 0.15) is 0 Å². The molecule has 0 aliphatic rings. The molecule has 1 rings (SSSR count). The lowest BCUT2D eigenvalue weighted by atomic mass is 10.2. The minimum absolute atomic E-state index is 0.747. The first-order valence-electron chi connectivity index (χ1n) is 4.27. The first kappa shape index (κ1) is 10.2. The van der Waals surface area contributed by atoms with Crippen LogP contribution in [-0.2, 0) is 0 Å². The third-order valence-electron chi connectivity index (χ3n) is 1.88. The van der Waals surface area contributed by atoms with E-state index in [4.69, 9.17) is 0 Å². The Morgan fingerprint density at radius 1 is 1.38 bits per heavy atom. The van der Waals surface area contributed by atoms with Crippen LogP contribution in [-0.4, -0.2) is 19.3 Å². The average molecular weight is 193 g/mol. The zero-order valence-corrected chi connectivity index (χ0v) is 8.80. The Labute approximate surface area is 85.5 Å². The number of hydrogen-bond acceptors (Lipinski definition) is 2. The molecule has 0 aromatic heterocycles. The second kappa shape index (κ2) is 4.97. The normalized spacial score (nSPS) is 9.69. The fraction of sp³-hybridized carbons (Fsp3) is 0.273. The Bertz CT molecular complexity index is 269. The van der Waals surface area contributed by atoms with Crippen molar-refractivity contribution in [2.45, 2.75) is 0 Å². The highest BCUT2D eigenvalue weighted by Crippen LogP contribution is 2.12. The summed E-state index contributed by atoms with van der Waals surface area (Å²) in [4.78, 5) is 2.17. The van der Waals surface area contributed by atoms with Gasteiger partial charge in [-0.25, -0.2) is 0 Å². The van der Waals surface area contributed by atoms with Gasteiger partial charge >= 0.3 is 0 Å². The molecule has 0 saturated carbocycles. The predicted octanol–water partition coefficient (Wildman–Crippen LogP) is 2.61. The van der Waals surface area contributed by atoms with E-state index in [1.54, 1.807) is 0 Å². The van der Waals surface area contributed by atoms with E-state index in [-0.39, 0.29) is 0 Å². The van der Waals surface area contributed by atoms with Crippen LogP contribution in [0.4, 0.5) is 5.69 Å². The summed E-state index contributed by atoms with van der Waals surface area (Å²) >= 11 is 4.18. The fourth-order valence-corrected chi connectivity index (χ4v) is 1.26. The van der Waals surface area contributed by atoms with Crippen LogP contribution in [0.2, 0.25) is 0 Å². The van der Waals surface area contributed by atoms with E-state index in [2.05, 4.69) is 43.3 Å². The van der Waals surface area contributed by atoms with Gasteiger partial charge in [-0.1, -0.05) is 24.8 Å². The van der Waals surface area contributed by atoms with Crippen molar-refractivity contribution < 1.29 is 0 Å². The van der Waals surface area contributed by atoms with Crippen molar-refractivity contribution in [2.75, 3.05) is 24.2 Å². The summed E-state index contributed by atoms with van der Waals surface area (Å²) in [5.74, 6) is 0.747. The molecule has 70 valence electrons. The van der Waals surface area contributed by atoms with Crippen LogP contribution >= 0.6 is 12.6 Å². The molecule has 0 unspecified atom stereocenters. The molecule has 1 aromatic rings. The standard InChI is InChI=1S/C11H15NS/c1-10(9-13)8-12(2)11-6-4-3-5-7-11/h3-7,13H,1,8-9H2,2H3. The molecule has 1 aromatic carbocycles.